The van der Waals surface area contributed by atoms with Crippen LogP contribution in [-0.2, 0) is 4.74 Å². The standard InChI is InChI=1S/C22H28N2O4/c1-5-27-14-15-28-19-9-7-6-8-18(19)21(26)23-17-12-10-16(11-13-17)20(25)24-22(2,3)4/h6-13H,5,14-15H2,1-4H3,(H,23,26)(H,24,25). The van der Waals surface area contributed by atoms with Gasteiger partial charge in [-0.1, -0.05) is 12.1 Å². The smallest absolute Gasteiger partial charge is 0.259 e. The molecule has 0 bridgehead atoms. The first-order chi connectivity index (χ1) is 13.3. The van der Waals surface area contributed by atoms with E-state index in [9.17, 15) is 9.59 Å². The average Bonchev–Trinajstić information content (AvgIpc) is 2.64. The van der Waals surface area contributed by atoms with Gasteiger partial charge in [-0.3, -0.25) is 9.59 Å². The lowest BCUT2D eigenvalue weighted by molar-refractivity contribution is 0.0919. The lowest BCUT2D eigenvalue weighted by atomic mass is 10.1. The molecule has 2 aromatic carbocycles. The van der Waals surface area contributed by atoms with Gasteiger partial charge in [-0.2, -0.15) is 0 Å². The van der Waals surface area contributed by atoms with Gasteiger partial charge < -0.3 is 20.1 Å². The lowest BCUT2D eigenvalue weighted by Crippen LogP contribution is -2.40. The van der Waals surface area contributed by atoms with E-state index >= 15 is 0 Å². The molecule has 0 atom stereocenters. The summed E-state index contributed by atoms with van der Waals surface area (Å²) >= 11 is 0. The number of benzene rings is 2. The third kappa shape index (κ3) is 6.70. The van der Waals surface area contributed by atoms with Crippen LogP contribution in [0.15, 0.2) is 48.5 Å². The lowest BCUT2D eigenvalue weighted by Gasteiger charge is -2.20. The highest BCUT2D eigenvalue weighted by Crippen LogP contribution is 2.20. The number of rotatable bonds is 8. The van der Waals surface area contributed by atoms with Crippen molar-refractivity contribution in [1.29, 1.82) is 0 Å². The highest BCUT2D eigenvalue weighted by molar-refractivity contribution is 6.06. The second-order valence-electron chi connectivity index (χ2n) is 7.28. The molecule has 0 heterocycles. The van der Waals surface area contributed by atoms with E-state index < -0.39 is 0 Å². The van der Waals surface area contributed by atoms with Crippen LogP contribution >= 0.6 is 0 Å². The van der Waals surface area contributed by atoms with Crippen molar-refractivity contribution in [3.63, 3.8) is 0 Å². The van der Waals surface area contributed by atoms with Gasteiger partial charge in [-0.05, 0) is 64.1 Å². The molecule has 2 amide bonds. The summed E-state index contributed by atoms with van der Waals surface area (Å²) in [5.74, 6) is 0.0678. The largest absolute Gasteiger partial charge is 0.490 e. The molecule has 0 spiro atoms. The van der Waals surface area contributed by atoms with Crippen LogP contribution in [0.1, 0.15) is 48.4 Å². The summed E-state index contributed by atoms with van der Waals surface area (Å²) in [6, 6.07) is 13.8. The fourth-order valence-electron chi connectivity index (χ4n) is 2.45. The number of hydrogen-bond donors (Lipinski definition) is 2. The fraction of sp³-hybridized carbons (Fsp3) is 0.364. The van der Waals surface area contributed by atoms with Gasteiger partial charge in [0.25, 0.3) is 11.8 Å². The predicted octanol–water partition coefficient (Wildman–Crippen LogP) is 3.88. The van der Waals surface area contributed by atoms with Gasteiger partial charge >= 0.3 is 0 Å². The minimum absolute atomic E-state index is 0.154. The molecule has 0 aliphatic rings. The van der Waals surface area contributed by atoms with Crippen LogP contribution in [0.5, 0.6) is 5.75 Å². The van der Waals surface area contributed by atoms with Crippen LogP contribution in [0, 0.1) is 0 Å². The van der Waals surface area contributed by atoms with Gasteiger partial charge in [0.2, 0.25) is 0 Å². The van der Waals surface area contributed by atoms with Gasteiger partial charge in [-0.15, -0.1) is 0 Å². The van der Waals surface area contributed by atoms with Crippen LogP contribution in [0.4, 0.5) is 5.69 Å². The SMILES string of the molecule is CCOCCOc1ccccc1C(=O)Nc1ccc(C(=O)NC(C)(C)C)cc1. The Hall–Kier alpha value is -2.86. The van der Waals surface area contributed by atoms with Gasteiger partial charge in [-0.25, -0.2) is 0 Å². The van der Waals surface area contributed by atoms with Crippen LogP contribution in [0.25, 0.3) is 0 Å². The first-order valence-electron chi connectivity index (χ1n) is 9.33. The van der Waals surface area contributed by atoms with E-state index in [-0.39, 0.29) is 17.4 Å². The van der Waals surface area contributed by atoms with E-state index in [1.807, 2.05) is 33.8 Å². The second-order valence-corrected chi connectivity index (χ2v) is 7.28. The zero-order chi connectivity index (χ0) is 20.6. The quantitative estimate of drug-likeness (QED) is 0.677. The summed E-state index contributed by atoms with van der Waals surface area (Å²) in [6.07, 6.45) is 0. The number of amides is 2. The molecule has 6 heteroatoms. The summed E-state index contributed by atoms with van der Waals surface area (Å²) in [5.41, 5.74) is 1.26. The molecule has 28 heavy (non-hydrogen) atoms. The van der Waals surface area contributed by atoms with Crippen molar-refractivity contribution in [3.8, 4) is 5.75 Å². The number of hydrogen-bond acceptors (Lipinski definition) is 4. The molecule has 2 rings (SSSR count). The summed E-state index contributed by atoms with van der Waals surface area (Å²) in [5, 5.41) is 5.74. The molecule has 0 saturated heterocycles. The van der Waals surface area contributed by atoms with Gasteiger partial charge in [0.05, 0.1) is 12.2 Å². The van der Waals surface area contributed by atoms with Crippen molar-refractivity contribution in [3.05, 3.63) is 59.7 Å². The molecule has 0 unspecified atom stereocenters. The highest BCUT2D eigenvalue weighted by Gasteiger charge is 2.16. The van der Waals surface area contributed by atoms with Crippen LogP contribution in [0.2, 0.25) is 0 Å². The maximum Gasteiger partial charge on any atom is 0.259 e. The number of para-hydroxylation sites is 1. The Morgan fingerprint density at radius 3 is 2.25 bits per heavy atom. The van der Waals surface area contributed by atoms with E-state index in [2.05, 4.69) is 10.6 Å². The van der Waals surface area contributed by atoms with Crippen LogP contribution in [0.3, 0.4) is 0 Å². The topological polar surface area (TPSA) is 76.7 Å². The van der Waals surface area contributed by atoms with Gasteiger partial charge in [0.1, 0.15) is 12.4 Å². The Kier molecular flexibility index (Phi) is 7.58. The van der Waals surface area contributed by atoms with E-state index in [0.717, 1.165) is 0 Å². The first kappa shape index (κ1) is 21.4. The molecule has 0 fully saturated rings. The van der Waals surface area contributed by atoms with Crippen LogP contribution < -0.4 is 15.4 Å². The molecule has 0 aliphatic carbocycles. The Morgan fingerprint density at radius 2 is 1.61 bits per heavy atom. The Bertz CT molecular complexity index is 795. The summed E-state index contributed by atoms with van der Waals surface area (Å²) < 4.78 is 10.9. The molecule has 6 nitrogen and oxygen atoms in total. The number of ether oxygens (including phenoxy) is 2. The summed E-state index contributed by atoms with van der Waals surface area (Å²) in [7, 11) is 0. The minimum Gasteiger partial charge on any atom is -0.490 e. The molecule has 0 radical (unpaired) electrons. The number of carbonyl (C=O) groups is 2. The van der Waals surface area contributed by atoms with Crippen molar-refractivity contribution in [2.45, 2.75) is 33.2 Å². The predicted molar refractivity (Wildman–Crippen MR) is 110 cm³/mol. The Balaban J connectivity index is 2.02. The van der Waals surface area contributed by atoms with E-state index in [0.29, 0.717) is 42.4 Å². The molecule has 0 saturated carbocycles. The Morgan fingerprint density at radius 1 is 0.929 bits per heavy atom. The van der Waals surface area contributed by atoms with E-state index in [1.54, 1.807) is 42.5 Å². The number of anilines is 1. The zero-order valence-electron chi connectivity index (χ0n) is 16.9. The molecule has 2 aromatic rings. The normalized spacial score (nSPS) is 11.0. The molecule has 150 valence electrons. The molecular formula is C22H28N2O4. The fourth-order valence-corrected chi connectivity index (χ4v) is 2.45. The molecule has 2 N–H and O–H groups in total. The molecule has 0 aromatic heterocycles. The van der Waals surface area contributed by atoms with Crippen LogP contribution in [-0.4, -0.2) is 37.2 Å². The first-order valence-corrected chi connectivity index (χ1v) is 9.33. The van der Waals surface area contributed by atoms with Crippen molar-refractivity contribution in [2.24, 2.45) is 0 Å². The summed E-state index contributed by atoms with van der Waals surface area (Å²) in [4.78, 5) is 24.8. The zero-order valence-corrected chi connectivity index (χ0v) is 16.9. The third-order valence-corrected chi connectivity index (χ3v) is 3.71. The second kappa shape index (κ2) is 9.90. The maximum atomic E-state index is 12.6. The minimum atomic E-state index is -0.310. The number of carbonyl (C=O) groups excluding carboxylic acids is 2. The average molecular weight is 384 g/mol. The van der Waals surface area contributed by atoms with Gasteiger partial charge in [0.15, 0.2) is 0 Å². The molecular weight excluding hydrogens is 356 g/mol. The third-order valence-electron chi connectivity index (χ3n) is 3.71. The molecule has 0 aliphatic heterocycles. The van der Waals surface area contributed by atoms with Crippen molar-refractivity contribution in [2.75, 3.05) is 25.1 Å². The monoisotopic (exact) mass is 384 g/mol. The number of nitrogens with one attached hydrogen (secondary N) is 2. The van der Waals surface area contributed by atoms with E-state index in [4.69, 9.17) is 9.47 Å². The Labute approximate surface area is 166 Å². The summed E-state index contributed by atoms with van der Waals surface area (Å²) in [6.45, 7) is 9.14. The van der Waals surface area contributed by atoms with Crippen molar-refractivity contribution >= 4 is 17.5 Å². The van der Waals surface area contributed by atoms with Crippen molar-refractivity contribution < 1.29 is 19.1 Å². The maximum absolute atomic E-state index is 12.6. The van der Waals surface area contributed by atoms with E-state index in [1.165, 1.54) is 0 Å². The van der Waals surface area contributed by atoms with Gasteiger partial charge in [0, 0.05) is 23.4 Å². The van der Waals surface area contributed by atoms with Crippen molar-refractivity contribution in [1.82, 2.24) is 5.32 Å². The highest BCUT2D eigenvalue weighted by atomic mass is 16.5.